The minimum absolute atomic E-state index is 0.150. The van der Waals surface area contributed by atoms with Gasteiger partial charge in [-0.05, 0) is 26.0 Å². The average molecular weight is 313 g/mol. The van der Waals surface area contributed by atoms with Crippen LogP contribution in [0.5, 0.6) is 0 Å². The number of anilines is 1. The van der Waals surface area contributed by atoms with Crippen molar-refractivity contribution in [3.05, 3.63) is 42.5 Å². The summed E-state index contributed by atoms with van der Waals surface area (Å²) in [7, 11) is 0. The fraction of sp³-hybridized carbons (Fsp3) is 0.333. The van der Waals surface area contributed by atoms with Crippen molar-refractivity contribution in [1.82, 2.24) is 0 Å². The maximum atomic E-state index is 13.4. The summed E-state index contributed by atoms with van der Waals surface area (Å²) in [5.41, 5.74) is -0.591. The highest BCUT2D eigenvalue weighted by Crippen LogP contribution is 2.18. The number of carbonyl (C=O) groups is 2. The van der Waals surface area contributed by atoms with Gasteiger partial charge in [0.1, 0.15) is 17.3 Å². The number of halogens is 2. The van der Waals surface area contributed by atoms with E-state index < -0.39 is 41.4 Å². The Morgan fingerprint density at radius 2 is 1.86 bits per heavy atom. The van der Waals surface area contributed by atoms with Gasteiger partial charge in [0.15, 0.2) is 12.2 Å². The highest BCUT2D eigenvalue weighted by Gasteiger charge is 2.23. The number of ether oxygens (including phenoxy) is 2. The minimum Gasteiger partial charge on any atom is -0.451 e. The molecule has 0 aliphatic rings. The fourth-order valence-corrected chi connectivity index (χ4v) is 1.45. The lowest BCUT2D eigenvalue weighted by Crippen LogP contribution is -2.34. The number of hydrogen-bond acceptors (Lipinski definition) is 4. The molecule has 1 N–H and O–H groups in total. The number of carbonyl (C=O) groups excluding carboxylic acids is 2. The molecule has 0 fully saturated rings. The van der Waals surface area contributed by atoms with E-state index in [4.69, 9.17) is 9.47 Å². The smallest absolute Gasteiger partial charge is 0.335 e. The molecule has 2 unspecified atom stereocenters. The van der Waals surface area contributed by atoms with Crippen molar-refractivity contribution in [2.45, 2.75) is 26.1 Å². The third kappa shape index (κ3) is 4.92. The molecule has 1 rings (SSSR count). The topological polar surface area (TPSA) is 64.6 Å². The van der Waals surface area contributed by atoms with Crippen LogP contribution in [0.3, 0.4) is 0 Å². The van der Waals surface area contributed by atoms with Gasteiger partial charge in [0.25, 0.3) is 5.91 Å². The maximum absolute atomic E-state index is 13.4. The summed E-state index contributed by atoms with van der Waals surface area (Å²) in [4.78, 5) is 23.5. The van der Waals surface area contributed by atoms with Gasteiger partial charge in [0.2, 0.25) is 0 Å². The van der Waals surface area contributed by atoms with Crippen LogP contribution in [0.2, 0.25) is 0 Å². The Morgan fingerprint density at radius 3 is 2.41 bits per heavy atom. The molecule has 0 bridgehead atoms. The molecule has 1 aromatic carbocycles. The predicted octanol–water partition coefficient (Wildman–Crippen LogP) is 2.43. The summed E-state index contributed by atoms with van der Waals surface area (Å²) in [6.45, 7) is 6.32. The first-order valence-electron chi connectivity index (χ1n) is 6.54. The van der Waals surface area contributed by atoms with Crippen LogP contribution in [0.15, 0.2) is 30.9 Å². The second-order valence-corrected chi connectivity index (χ2v) is 4.43. The first kappa shape index (κ1) is 17.8. The highest BCUT2D eigenvalue weighted by molar-refractivity contribution is 5.95. The largest absolute Gasteiger partial charge is 0.451 e. The van der Waals surface area contributed by atoms with E-state index in [-0.39, 0.29) is 6.61 Å². The summed E-state index contributed by atoms with van der Waals surface area (Å²) in [6.07, 6.45) is -0.666. The third-order valence-corrected chi connectivity index (χ3v) is 2.67. The van der Waals surface area contributed by atoms with Crippen molar-refractivity contribution in [3.63, 3.8) is 0 Å². The lowest BCUT2D eigenvalue weighted by molar-refractivity contribution is -0.163. The zero-order chi connectivity index (χ0) is 16.7. The van der Waals surface area contributed by atoms with Crippen molar-refractivity contribution < 1.29 is 27.8 Å². The molecule has 0 saturated carbocycles. The maximum Gasteiger partial charge on any atom is 0.335 e. The van der Waals surface area contributed by atoms with Gasteiger partial charge in [-0.15, -0.1) is 6.58 Å². The third-order valence-electron chi connectivity index (χ3n) is 2.67. The number of rotatable bonds is 7. The molecule has 0 aliphatic carbocycles. The second-order valence-electron chi connectivity index (χ2n) is 4.43. The first-order chi connectivity index (χ1) is 10.4. The number of amides is 1. The lowest BCUT2D eigenvalue weighted by Gasteiger charge is -2.17. The zero-order valence-corrected chi connectivity index (χ0v) is 12.3. The van der Waals surface area contributed by atoms with E-state index in [2.05, 4.69) is 6.58 Å². The monoisotopic (exact) mass is 313 g/mol. The van der Waals surface area contributed by atoms with Crippen LogP contribution in [0.25, 0.3) is 0 Å². The molecule has 2 atom stereocenters. The Morgan fingerprint density at radius 1 is 1.27 bits per heavy atom. The Bertz CT molecular complexity index is 542. The molecule has 1 aromatic rings. The van der Waals surface area contributed by atoms with Crippen LogP contribution in [0, 0.1) is 11.6 Å². The average Bonchev–Trinajstić information content (AvgIpc) is 2.48. The van der Waals surface area contributed by atoms with Crippen molar-refractivity contribution in [2.75, 3.05) is 11.9 Å². The molecular formula is C15H17F2NO4. The van der Waals surface area contributed by atoms with Gasteiger partial charge in [-0.2, -0.15) is 0 Å². The minimum atomic E-state index is -1.23. The number of para-hydroxylation sites is 1. The van der Waals surface area contributed by atoms with Crippen molar-refractivity contribution in [2.24, 2.45) is 0 Å². The Labute approximate surface area is 126 Å². The molecule has 1 amide bonds. The van der Waals surface area contributed by atoms with Gasteiger partial charge < -0.3 is 14.8 Å². The van der Waals surface area contributed by atoms with Crippen LogP contribution < -0.4 is 5.32 Å². The Balaban J connectivity index is 2.62. The Kier molecular flexibility index (Phi) is 6.65. The fourth-order valence-electron chi connectivity index (χ4n) is 1.45. The molecule has 0 spiro atoms. The van der Waals surface area contributed by atoms with Gasteiger partial charge >= 0.3 is 5.97 Å². The summed E-state index contributed by atoms with van der Waals surface area (Å²) < 4.78 is 36.7. The SMILES string of the molecule is C=CCOC(C)C(=O)OC(C)C(=O)Nc1c(F)cccc1F. The first-order valence-corrected chi connectivity index (χ1v) is 6.54. The molecule has 0 aliphatic heterocycles. The molecule has 0 radical (unpaired) electrons. The summed E-state index contributed by atoms with van der Waals surface area (Å²) in [6, 6.07) is 3.17. The molecule has 0 heterocycles. The molecule has 7 heteroatoms. The van der Waals surface area contributed by atoms with E-state index in [1.165, 1.54) is 26.0 Å². The second kappa shape index (κ2) is 8.23. The van der Waals surface area contributed by atoms with Crippen molar-refractivity contribution in [1.29, 1.82) is 0 Å². The molecule has 5 nitrogen and oxygen atoms in total. The van der Waals surface area contributed by atoms with Crippen LogP contribution in [-0.2, 0) is 19.1 Å². The van der Waals surface area contributed by atoms with Gasteiger partial charge in [0.05, 0.1) is 6.61 Å². The van der Waals surface area contributed by atoms with Gasteiger partial charge in [-0.25, -0.2) is 13.6 Å². The molecule has 0 saturated heterocycles. The molecule has 0 aromatic heterocycles. The van der Waals surface area contributed by atoms with E-state index >= 15 is 0 Å². The normalized spacial score (nSPS) is 13.1. The molecular weight excluding hydrogens is 296 g/mol. The number of benzene rings is 1. The van der Waals surface area contributed by atoms with E-state index in [0.29, 0.717) is 0 Å². The van der Waals surface area contributed by atoms with Gasteiger partial charge in [-0.3, -0.25) is 4.79 Å². The predicted molar refractivity (Wildman–Crippen MR) is 76.2 cm³/mol. The summed E-state index contributed by atoms with van der Waals surface area (Å²) in [5, 5.41) is 2.04. The van der Waals surface area contributed by atoms with Crippen LogP contribution in [-0.4, -0.2) is 30.7 Å². The highest BCUT2D eigenvalue weighted by atomic mass is 19.1. The van der Waals surface area contributed by atoms with E-state index in [1.807, 2.05) is 5.32 Å². The van der Waals surface area contributed by atoms with Crippen LogP contribution >= 0.6 is 0 Å². The number of hydrogen-bond donors (Lipinski definition) is 1. The zero-order valence-electron chi connectivity index (χ0n) is 12.3. The van der Waals surface area contributed by atoms with E-state index in [9.17, 15) is 18.4 Å². The lowest BCUT2D eigenvalue weighted by atomic mass is 10.2. The Hall–Kier alpha value is -2.28. The van der Waals surface area contributed by atoms with Crippen LogP contribution in [0.4, 0.5) is 14.5 Å². The standard InChI is InChI=1S/C15H17F2NO4/c1-4-8-21-10(3)15(20)22-9(2)14(19)18-13-11(16)6-5-7-12(13)17/h4-7,9-10H,1,8H2,2-3H3,(H,18,19). The summed E-state index contributed by atoms with van der Waals surface area (Å²) in [5.74, 6) is -3.46. The molecule has 22 heavy (non-hydrogen) atoms. The number of nitrogens with one attached hydrogen (secondary N) is 1. The van der Waals surface area contributed by atoms with Crippen molar-refractivity contribution >= 4 is 17.6 Å². The van der Waals surface area contributed by atoms with E-state index in [1.54, 1.807) is 0 Å². The van der Waals surface area contributed by atoms with Gasteiger partial charge in [0, 0.05) is 0 Å². The van der Waals surface area contributed by atoms with Crippen molar-refractivity contribution in [3.8, 4) is 0 Å². The van der Waals surface area contributed by atoms with Gasteiger partial charge in [-0.1, -0.05) is 12.1 Å². The molecule has 120 valence electrons. The number of esters is 1. The van der Waals surface area contributed by atoms with Crippen LogP contribution in [0.1, 0.15) is 13.8 Å². The summed E-state index contributed by atoms with van der Waals surface area (Å²) >= 11 is 0. The van der Waals surface area contributed by atoms with E-state index in [0.717, 1.165) is 12.1 Å². The quantitative estimate of drug-likeness (QED) is 0.620.